The quantitative estimate of drug-likeness (QED) is 0.352. The minimum Gasteiger partial charge on any atom is -0.298 e. The van der Waals surface area contributed by atoms with Gasteiger partial charge in [0.05, 0.1) is 20.0 Å². The normalized spacial score (nSPS) is 9.93. The monoisotopic (exact) mass is 253 g/mol. The molecular weight excluding hydrogens is 252 g/mol. The largest absolute Gasteiger partial charge is 0.298 e. The van der Waals surface area contributed by atoms with Gasteiger partial charge < -0.3 is 0 Å². The van der Waals surface area contributed by atoms with E-state index in [9.17, 15) is 14.9 Å². The first kappa shape index (κ1) is 11.2. The zero-order chi connectivity index (χ0) is 10.9. The lowest BCUT2D eigenvalue weighted by Crippen LogP contribution is -1.96. The molecule has 0 heterocycles. The number of carbonyl (C=O) groups excluding carboxylic acids is 1. The van der Waals surface area contributed by atoms with Crippen molar-refractivity contribution in [2.45, 2.75) is 0 Å². The SMILES string of the molecule is O=Cc1c([N+](=O)[O-])cc(Cl)c(Cl)c1Cl. The molecule has 0 saturated heterocycles. The molecular formula is C7H2Cl3NO3. The van der Waals surface area contributed by atoms with Crippen LogP contribution in [0, 0.1) is 10.1 Å². The van der Waals surface area contributed by atoms with E-state index in [-0.39, 0.29) is 26.9 Å². The molecule has 7 heteroatoms. The zero-order valence-corrected chi connectivity index (χ0v) is 8.73. The average molecular weight is 254 g/mol. The van der Waals surface area contributed by atoms with Gasteiger partial charge >= 0.3 is 0 Å². The molecule has 0 aliphatic carbocycles. The summed E-state index contributed by atoms with van der Waals surface area (Å²) in [6, 6.07) is 0.986. The fraction of sp³-hybridized carbons (Fsp3) is 0. The van der Waals surface area contributed by atoms with Crippen molar-refractivity contribution in [3.05, 3.63) is 36.8 Å². The van der Waals surface area contributed by atoms with Crippen LogP contribution in [0.2, 0.25) is 15.1 Å². The van der Waals surface area contributed by atoms with Gasteiger partial charge in [0.25, 0.3) is 5.69 Å². The summed E-state index contributed by atoms with van der Waals surface area (Å²) in [6.07, 6.45) is 0.267. The highest BCUT2D eigenvalue weighted by Crippen LogP contribution is 2.37. The van der Waals surface area contributed by atoms with Crippen molar-refractivity contribution in [2.75, 3.05) is 0 Å². The lowest BCUT2D eigenvalue weighted by atomic mass is 10.2. The smallest absolute Gasteiger partial charge is 0.283 e. The minimum atomic E-state index is -0.752. The van der Waals surface area contributed by atoms with Gasteiger partial charge in [0.15, 0.2) is 6.29 Å². The van der Waals surface area contributed by atoms with Crippen LogP contribution in [0.3, 0.4) is 0 Å². The maximum absolute atomic E-state index is 10.5. The first-order valence-electron chi connectivity index (χ1n) is 3.26. The Kier molecular flexibility index (Phi) is 3.31. The Balaban J connectivity index is 3.59. The molecule has 0 atom stereocenters. The van der Waals surface area contributed by atoms with Crippen molar-refractivity contribution >= 4 is 46.8 Å². The third-order valence-corrected chi connectivity index (χ3v) is 2.77. The number of benzene rings is 1. The molecule has 0 amide bonds. The van der Waals surface area contributed by atoms with Crippen molar-refractivity contribution in [1.29, 1.82) is 0 Å². The molecule has 0 N–H and O–H groups in total. The summed E-state index contributed by atoms with van der Waals surface area (Å²) in [5.74, 6) is 0. The molecule has 1 rings (SSSR count). The standard InChI is InChI=1S/C7H2Cl3NO3/c8-4-1-5(11(13)14)3(2-12)6(9)7(4)10/h1-2H. The second-order valence-corrected chi connectivity index (χ2v) is 3.46. The van der Waals surface area contributed by atoms with E-state index in [1.54, 1.807) is 0 Å². The molecule has 74 valence electrons. The van der Waals surface area contributed by atoms with Crippen molar-refractivity contribution in [2.24, 2.45) is 0 Å². The molecule has 4 nitrogen and oxygen atoms in total. The summed E-state index contributed by atoms with van der Waals surface area (Å²) >= 11 is 16.7. The zero-order valence-electron chi connectivity index (χ0n) is 6.46. The van der Waals surface area contributed by atoms with Crippen LogP contribution >= 0.6 is 34.8 Å². The topological polar surface area (TPSA) is 60.2 Å². The van der Waals surface area contributed by atoms with Crippen LogP contribution in [0.5, 0.6) is 0 Å². The van der Waals surface area contributed by atoms with E-state index in [1.807, 2.05) is 0 Å². The Morgan fingerprint density at radius 3 is 2.29 bits per heavy atom. The third kappa shape index (κ3) is 1.82. The summed E-state index contributed by atoms with van der Waals surface area (Å²) in [4.78, 5) is 20.3. The van der Waals surface area contributed by atoms with E-state index >= 15 is 0 Å². The highest BCUT2D eigenvalue weighted by atomic mass is 35.5. The third-order valence-electron chi connectivity index (χ3n) is 1.49. The summed E-state index contributed by atoms with van der Waals surface area (Å²) in [5.41, 5.74) is -0.731. The van der Waals surface area contributed by atoms with Gasteiger partial charge in [0, 0.05) is 6.07 Å². The number of halogens is 3. The second kappa shape index (κ2) is 4.13. The summed E-state index contributed by atoms with van der Waals surface area (Å²) in [7, 11) is 0. The van der Waals surface area contributed by atoms with Gasteiger partial charge in [-0.3, -0.25) is 14.9 Å². The van der Waals surface area contributed by atoms with E-state index < -0.39 is 10.6 Å². The van der Waals surface area contributed by atoms with Crippen molar-refractivity contribution < 1.29 is 9.72 Å². The Hall–Kier alpha value is -0.840. The molecule has 0 saturated carbocycles. The van der Waals surface area contributed by atoms with Crippen molar-refractivity contribution in [1.82, 2.24) is 0 Å². The van der Waals surface area contributed by atoms with Crippen LogP contribution < -0.4 is 0 Å². The number of hydrogen-bond acceptors (Lipinski definition) is 3. The number of aldehydes is 1. The van der Waals surface area contributed by atoms with Gasteiger partial charge in [0.2, 0.25) is 0 Å². The van der Waals surface area contributed by atoms with Gasteiger partial charge in [-0.15, -0.1) is 0 Å². The Morgan fingerprint density at radius 2 is 1.86 bits per heavy atom. The number of nitro groups is 1. The highest BCUT2D eigenvalue weighted by molar-refractivity contribution is 6.49. The van der Waals surface area contributed by atoms with Crippen LogP contribution in [0.25, 0.3) is 0 Å². The van der Waals surface area contributed by atoms with Crippen LogP contribution in [-0.2, 0) is 0 Å². The van der Waals surface area contributed by atoms with E-state index in [0.717, 1.165) is 6.07 Å². The maximum atomic E-state index is 10.5. The lowest BCUT2D eigenvalue weighted by molar-refractivity contribution is -0.385. The van der Waals surface area contributed by atoms with Crippen LogP contribution in [0.4, 0.5) is 5.69 Å². The minimum absolute atomic E-state index is 0.0611. The molecule has 0 unspecified atom stereocenters. The van der Waals surface area contributed by atoms with Gasteiger partial charge in [-0.1, -0.05) is 34.8 Å². The van der Waals surface area contributed by atoms with Gasteiger partial charge in [-0.2, -0.15) is 0 Å². The summed E-state index contributed by atoms with van der Waals surface area (Å²) in [6.45, 7) is 0. The lowest BCUT2D eigenvalue weighted by Gasteiger charge is -2.02. The van der Waals surface area contributed by atoms with Crippen LogP contribution in [-0.4, -0.2) is 11.2 Å². The van der Waals surface area contributed by atoms with Crippen LogP contribution in [0.15, 0.2) is 6.07 Å². The molecule has 14 heavy (non-hydrogen) atoms. The van der Waals surface area contributed by atoms with E-state index in [4.69, 9.17) is 34.8 Å². The average Bonchev–Trinajstić information content (AvgIpc) is 2.13. The Bertz CT molecular complexity index is 419. The van der Waals surface area contributed by atoms with Crippen molar-refractivity contribution in [3.63, 3.8) is 0 Å². The molecule has 0 fully saturated rings. The summed E-state index contributed by atoms with van der Waals surface area (Å²) < 4.78 is 0. The summed E-state index contributed by atoms with van der Waals surface area (Å²) in [5, 5.41) is 10.1. The maximum Gasteiger partial charge on any atom is 0.283 e. The number of nitrogens with zero attached hydrogens (tertiary/aromatic N) is 1. The number of rotatable bonds is 2. The van der Waals surface area contributed by atoms with E-state index in [1.165, 1.54) is 0 Å². The molecule has 0 spiro atoms. The predicted octanol–water partition coefficient (Wildman–Crippen LogP) is 3.37. The van der Waals surface area contributed by atoms with Gasteiger partial charge in [0.1, 0.15) is 5.56 Å². The fourth-order valence-electron chi connectivity index (χ4n) is 0.860. The van der Waals surface area contributed by atoms with Crippen LogP contribution in [0.1, 0.15) is 10.4 Å². The Morgan fingerprint density at radius 1 is 1.29 bits per heavy atom. The highest BCUT2D eigenvalue weighted by Gasteiger charge is 2.21. The van der Waals surface area contributed by atoms with E-state index in [2.05, 4.69) is 0 Å². The molecule has 1 aromatic rings. The van der Waals surface area contributed by atoms with Gasteiger partial charge in [-0.05, 0) is 0 Å². The predicted molar refractivity (Wildman–Crippen MR) is 53.5 cm³/mol. The molecule has 0 aliphatic heterocycles. The fourth-order valence-corrected chi connectivity index (χ4v) is 1.51. The number of nitro benzene ring substituents is 1. The second-order valence-electron chi connectivity index (χ2n) is 2.29. The molecule has 0 bridgehead atoms. The van der Waals surface area contributed by atoms with E-state index in [0.29, 0.717) is 0 Å². The van der Waals surface area contributed by atoms with Crippen molar-refractivity contribution in [3.8, 4) is 0 Å². The molecule has 0 aliphatic rings. The Labute approximate surface area is 93.5 Å². The first-order chi connectivity index (χ1) is 6.49. The molecule has 0 aromatic heterocycles. The first-order valence-corrected chi connectivity index (χ1v) is 4.39. The van der Waals surface area contributed by atoms with Gasteiger partial charge in [-0.25, -0.2) is 0 Å². The number of carbonyl (C=O) groups is 1. The molecule has 1 aromatic carbocycles. The molecule has 0 radical (unpaired) electrons. The number of hydrogen-bond donors (Lipinski definition) is 0.